The molecule has 0 spiro atoms. The minimum Gasteiger partial charge on any atom is -0.497 e. The fourth-order valence-corrected chi connectivity index (χ4v) is 5.03. The van der Waals surface area contributed by atoms with Crippen molar-refractivity contribution < 1.29 is 9.53 Å². The maximum absolute atomic E-state index is 12.8. The first-order valence-corrected chi connectivity index (χ1v) is 11.0. The van der Waals surface area contributed by atoms with Crippen molar-refractivity contribution in [1.82, 2.24) is 15.2 Å². The number of hydrogen-bond donors (Lipinski definition) is 1. The van der Waals surface area contributed by atoms with Crippen molar-refractivity contribution in [3.8, 4) is 16.3 Å². The van der Waals surface area contributed by atoms with Crippen LogP contribution in [-0.2, 0) is 0 Å². The molecule has 2 aromatic carbocycles. The summed E-state index contributed by atoms with van der Waals surface area (Å²) in [4.78, 5) is 20.6. The highest BCUT2D eigenvalue weighted by atomic mass is 32.1. The number of thiazole rings is 1. The molecule has 0 aliphatic carbocycles. The number of hydrogen-bond acceptors (Lipinski definition) is 5. The van der Waals surface area contributed by atoms with Gasteiger partial charge in [-0.3, -0.25) is 9.69 Å². The standard InChI is InChI=1S/C23H27N3O2S/c1-4-26-11-5-6-19(26)14-24-22(27)21-15(2)25-23(29-21)18-8-7-17-13-20(28-3)10-9-16(17)12-18/h7-10,12-13,19H,4-6,11,14H2,1-3H3,(H,24,27). The van der Waals surface area contributed by atoms with Crippen LogP contribution >= 0.6 is 11.3 Å². The van der Waals surface area contributed by atoms with Crippen molar-refractivity contribution >= 4 is 28.0 Å². The summed E-state index contributed by atoms with van der Waals surface area (Å²) in [5, 5.41) is 6.25. The Kier molecular flexibility index (Phi) is 5.83. The third kappa shape index (κ3) is 4.14. The van der Waals surface area contributed by atoms with Crippen LogP contribution < -0.4 is 10.1 Å². The topological polar surface area (TPSA) is 54.5 Å². The first-order chi connectivity index (χ1) is 14.1. The van der Waals surface area contributed by atoms with E-state index in [1.807, 2.05) is 25.1 Å². The predicted octanol–water partition coefficient (Wildman–Crippen LogP) is 4.49. The average Bonchev–Trinajstić information content (AvgIpc) is 3.37. The number of benzene rings is 2. The summed E-state index contributed by atoms with van der Waals surface area (Å²) in [6, 6.07) is 12.7. The number of aromatic nitrogens is 1. The Morgan fingerprint density at radius 1 is 1.28 bits per heavy atom. The minimum atomic E-state index is -0.0141. The molecular weight excluding hydrogens is 382 g/mol. The van der Waals surface area contributed by atoms with Gasteiger partial charge in [0.05, 0.1) is 12.8 Å². The minimum absolute atomic E-state index is 0.0141. The summed E-state index contributed by atoms with van der Waals surface area (Å²) < 4.78 is 5.30. The van der Waals surface area contributed by atoms with Crippen molar-refractivity contribution in [1.29, 1.82) is 0 Å². The molecule has 152 valence electrons. The molecule has 1 aliphatic heterocycles. The fraction of sp³-hybridized carbons (Fsp3) is 0.391. The van der Waals surface area contributed by atoms with Gasteiger partial charge in [-0.25, -0.2) is 4.98 Å². The highest BCUT2D eigenvalue weighted by Crippen LogP contribution is 2.31. The molecule has 2 heterocycles. The van der Waals surface area contributed by atoms with Crippen molar-refractivity contribution in [2.75, 3.05) is 26.7 Å². The molecule has 0 radical (unpaired) electrons. The molecule has 1 atom stereocenters. The molecule has 3 aromatic rings. The normalized spacial score (nSPS) is 17.0. The van der Waals surface area contributed by atoms with Crippen LogP contribution in [0, 0.1) is 6.92 Å². The van der Waals surface area contributed by atoms with Crippen LogP contribution in [0.25, 0.3) is 21.3 Å². The maximum atomic E-state index is 12.8. The van der Waals surface area contributed by atoms with Gasteiger partial charge in [-0.2, -0.15) is 0 Å². The lowest BCUT2D eigenvalue weighted by Crippen LogP contribution is -2.39. The van der Waals surface area contributed by atoms with Gasteiger partial charge < -0.3 is 10.1 Å². The molecule has 6 heteroatoms. The van der Waals surface area contributed by atoms with E-state index in [-0.39, 0.29) is 5.91 Å². The quantitative estimate of drug-likeness (QED) is 0.652. The second-order valence-electron chi connectivity index (χ2n) is 7.50. The van der Waals surface area contributed by atoms with Gasteiger partial charge in [-0.15, -0.1) is 11.3 Å². The summed E-state index contributed by atoms with van der Waals surface area (Å²) in [6.45, 7) is 6.97. The van der Waals surface area contributed by atoms with Crippen LogP contribution in [0.1, 0.15) is 35.1 Å². The summed E-state index contributed by atoms with van der Waals surface area (Å²) in [5.74, 6) is 0.831. The molecule has 1 unspecified atom stereocenters. The molecule has 0 saturated carbocycles. The molecule has 1 fully saturated rings. The van der Waals surface area contributed by atoms with E-state index in [9.17, 15) is 4.79 Å². The Bertz CT molecular complexity index is 1030. The van der Waals surface area contributed by atoms with E-state index in [0.717, 1.165) is 52.3 Å². The lowest BCUT2D eigenvalue weighted by Gasteiger charge is -2.22. The van der Waals surface area contributed by atoms with Gasteiger partial charge in [0.25, 0.3) is 5.91 Å². The molecular formula is C23H27N3O2S. The molecule has 1 aliphatic rings. The molecule has 5 nitrogen and oxygen atoms in total. The number of likely N-dealkylation sites (tertiary alicyclic amines) is 1. The Labute approximate surface area is 175 Å². The second-order valence-corrected chi connectivity index (χ2v) is 8.50. The van der Waals surface area contributed by atoms with Gasteiger partial charge in [-0.05, 0) is 61.8 Å². The van der Waals surface area contributed by atoms with Crippen molar-refractivity contribution in [2.45, 2.75) is 32.7 Å². The number of carbonyl (C=O) groups is 1. The van der Waals surface area contributed by atoms with E-state index in [2.05, 4.69) is 40.3 Å². The highest BCUT2D eigenvalue weighted by molar-refractivity contribution is 7.17. The summed E-state index contributed by atoms with van der Waals surface area (Å²) in [7, 11) is 1.67. The summed E-state index contributed by atoms with van der Waals surface area (Å²) >= 11 is 1.46. The number of rotatable bonds is 6. The lowest BCUT2D eigenvalue weighted by molar-refractivity contribution is 0.0944. The van der Waals surface area contributed by atoms with Gasteiger partial charge in [0.1, 0.15) is 15.6 Å². The number of carbonyl (C=O) groups excluding carboxylic acids is 1. The van der Waals surface area contributed by atoms with Crippen molar-refractivity contribution in [2.24, 2.45) is 0 Å². The lowest BCUT2D eigenvalue weighted by atomic mass is 10.1. The fourth-order valence-electron chi connectivity index (χ4n) is 4.05. The molecule has 29 heavy (non-hydrogen) atoms. The smallest absolute Gasteiger partial charge is 0.263 e. The van der Waals surface area contributed by atoms with E-state index < -0.39 is 0 Å². The summed E-state index contributed by atoms with van der Waals surface area (Å²) in [5.41, 5.74) is 1.82. The number of nitrogens with one attached hydrogen (secondary N) is 1. The SMILES string of the molecule is CCN1CCCC1CNC(=O)c1sc(-c2ccc3cc(OC)ccc3c2)nc1C. The largest absolute Gasteiger partial charge is 0.497 e. The molecule has 1 aromatic heterocycles. The van der Waals surface area contributed by atoms with E-state index in [1.165, 1.54) is 17.8 Å². The molecule has 1 amide bonds. The highest BCUT2D eigenvalue weighted by Gasteiger charge is 2.24. The van der Waals surface area contributed by atoms with E-state index in [0.29, 0.717) is 17.5 Å². The number of likely N-dealkylation sites (N-methyl/N-ethyl adjacent to an activating group) is 1. The maximum Gasteiger partial charge on any atom is 0.263 e. The number of amides is 1. The average molecular weight is 410 g/mol. The van der Waals surface area contributed by atoms with Crippen molar-refractivity contribution in [3.63, 3.8) is 0 Å². The van der Waals surface area contributed by atoms with Gasteiger partial charge >= 0.3 is 0 Å². The van der Waals surface area contributed by atoms with E-state index >= 15 is 0 Å². The molecule has 4 rings (SSSR count). The predicted molar refractivity (Wildman–Crippen MR) is 119 cm³/mol. The number of nitrogens with zero attached hydrogens (tertiary/aromatic N) is 2. The Morgan fingerprint density at radius 2 is 2.07 bits per heavy atom. The first kappa shape index (κ1) is 19.9. The zero-order chi connectivity index (χ0) is 20.4. The van der Waals surface area contributed by atoms with Gasteiger partial charge in [0.15, 0.2) is 0 Å². The number of aryl methyl sites for hydroxylation is 1. The zero-order valence-corrected chi connectivity index (χ0v) is 18.0. The summed E-state index contributed by atoms with van der Waals surface area (Å²) in [6.07, 6.45) is 2.37. The molecule has 1 N–H and O–H groups in total. The van der Waals surface area contributed by atoms with Crippen LogP contribution in [0.4, 0.5) is 0 Å². The van der Waals surface area contributed by atoms with Crippen molar-refractivity contribution in [3.05, 3.63) is 47.0 Å². The van der Waals surface area contributed by atoms with Gasteiger partial charge in [0.2, 0.25) is 0 Å². The van der Waals surface area contributed by atoms with Crippen LogP contribution in [-0.4, -0.2) is 48.6 Å². The van der Waals surface area contributed by atoms with Crippen LogP contribution in [0.15, 0.2) is 36.4 Å². The number of ether oxygens (including phenoxy) is 1. The third-order valence-electron chi connectivity index (χ3n) is 5.70. The number of methoxy groups -OCH3 is 1. The Hall–Kier alpha value is -2.44. The Balaban J connectivity index is 1.51. The monoisotopic (exact) mass is 409 g/mol. The third-order valence-corrected chi connectivity index (χ3v) is 6.91. The molecule has 1 saturated heterocycles. The van der Waals surface area contributed by atoms with Gasteiger partial charge in [0, 0.05) is 18.2 Å². The number of fused-ring (bicyclic) bond motifs is 1. The zero-order valence-electron chi connectivity index (χ0n) is 17.2. The van der Waals surface area contributed by atoms with Crippen LogP contribution in [0.3, 0.4) is 0 Å². The second kappa shape index (κ2) is 8.51. The van der Waals surface area contributed by atoms with Gasteiger partial charge in [-0.1, -0.05) is 25.1 Å². The van der Waals surface area contributed by atoms with E-state index in [4.69, 9.17) is 4.74 Å². The van der Waals surface area contributed by atoms with Crippen LogP contribution in [0.5, 0.6) is 5.75 Å². The Morgan fingerprint density at radius 3 is 2.86 bits per heavy atom. The van der Waals surface area contributed by atoms with E-state index in [1.54, 1.807) is 7.11 Å². The van der Waals surface area contributed by atoms with Crippen LogP contribution in [0.2, 0.25) is 0 Å². The molecule has 0 bridgehead atoms. The first-order valence-electron chi connectivity index (χ1n) is 10.2.